The molecule has 1 amide bonds. The fourth-order valence-corrected chi connectivity index (χ4v) is 3.72. The van der Waals surface area contributed by atoms with Crippen LogP contribution < -0.4 is 9.46 Å². The Morgan fingerprint density at radius 3 is 2.72 bits per heavy atom. The Morgan fingerprint density at radius 1 is 1.28 bits per heavy atom. The van der Waals surface area contributed by atoms with Gasteiger partial charge in [0.05, 0.1) is 11.1 Å². The Balaban J connectivity index is 1.41. The molecule has 4 rings (SSSR count). The number of hydrogen-bond donors (Lipinski definition) is 1. The molecule has 13 heteroatoms. The molecule has 0 radical (unpaired) electrons. The molecule has 9 nitrogen and oxygen atoms in total. The van der Waals surface area contributed by atoms with Crippen LogP contribution in [0.5, 0.6) is 5.75 Å². The number of benzene rings is 1. The number of halogens is 3. The van der Waals surface area contributed by atoms with Crippen LogP contribution in [-0.4, -0.2) is 56.4 Å². The Hall–Kier alpha value is -3.22. The lowest BCUT2D eigenvalue weighted by Gasteiger charge is -2.32. The highest BCUT2D eigenvalue weighted by atomic mass is 32.2. The van der Waals surface area contributed by atoms with Crippen LogP contribution in [-0.2, 0) is 6.18 Å². The summed E-state index contributed by atoms with van der Waals surface area (Å²) in [4.78, 5) is 14.3. The normalized spacial score (nSPS) is 15.1. The van der Waals surface area contributed by atoms with Crippen LogP contribution >= 0.6 is 11.9 Å². The largest absolute Gasteiger partial charge is 0.490 e. The minimum atomic E-state index is -4.58. The van der Waals surface area contributed by atoms with Crippen LogP contribution in [0.15, 0.2) is 41.3 Å². The Labute approximate surface area is 185 Å². The summed E-state index contributed by atoms with van der Waals surface area (Å²) < 4.78 is 55.2. The van der Waals surface area contributed by atoms with Crippen molar-refractivity contribution in [3.63, 3.8) is 0 Å². The third kappa shape index (κ3) is 4.82. The lowest BCUT2D eigenvalue weighted by Crippen LogP contribution is -2.43. The first-order chi connectivity index (χ1) is 15.3. The van der Waals surface area contributed by atoms with Gasteiger partial charge in [0, 0.05) is 44.5 Å². The quantitative estimate of drug-likeness (QED) is 0.558. The predicted molar refractivity (Wildman–Crippen MR) is 110 cm³/mol. The van der Waals surface area contributed by atoms with Crippen LogP contribution in [0, 0.1) is 0 Å². The summed E-state index contributed by atoms with van der Waals surface area (Å²) in [5.41, 5.74) is -1.13. The van der Waals surface area contributed by atoms with Crippen LogP contribution in [0.1, 0.15) is 18.4 Å². The van der Waals surface area contributed by atoms with E-state index >= 15 is 0 Å². The second-order valence-electron chi connectivity index (χ2n) is 6.99. The van der Waals surface area contributed by atoms with E-state index < -0.39 is 11.7 Å². The zero-order valence-electron chi connectivity index (χ0n) is 16.9. The first kappa shape index (κ1) is 22.0. The van der Waals surface area contributed by atoms with E-state index in [1.165, 1.54) is 28.8 Å². The lowest BCUT2D eigenvalue weighted by atomic mass is 10.1. The van der Waals surface area contributed by atoms with E-state index in [4.69, 9.17) is 9.15 Å². The van der Waals surface area contributed by atoms with Crippen molar-refractivity contribution in [3.05, 3.63) is 42.4 Å². The molecule has 170 valence electrons. The number of carbonyl (C=O) groups is 1. The maximum Gasteiger partial charge on any atom is 0.417 e. The number of piperidine rings is 1. The molecule has 2 aromatic heterocycles. The molecule has 3 aromatic rings. The summed E-state index contributed by atoms with van der Waals surface area (Å²) in [6, 6.07) is 4.91. The topological polar surface area (TPSA) is 98.3 Å². The van der Waals surface area contributed by atoms with Gasteiger partial charge in [-0.2, -0.15) is 17.9 Å². The summed E-state index contributed by atoms with van der Waals surface area (Å²) in [7, 11) is 0. The number of aromatic nitrogens is 4. The smallest absolute Gasteiger partial charge is 0.417 e. The SMILES string of the molecule is CSNc1ccn(C(=O)N2CCC(Oc3ccc(C(F)(F)F)c(-c4nnco4)c3)CC2)n1. The Kier molecular flexibility index (Phi) is 6.26. The Bertz CT molecular complexity index is 1060. The zero-order valence-corrected chi connectivity index (χ0v) is 17.7. The van der Waals surface area contributed by atoms with Gasteiger partial charge < -0.3 is 18.8 Å². The number of anilines is 1. The molecule has 0 spiro atoms. The number of amides is 1. The first-order valence-electron chi connectivity index (χ1n) is 9.63. The molecule has 0 atom stereocenters. The monoisotopic (exact) mass is 468 g/mol. The highest BCUT2D eigenvalue weighted by Gasteiger charge is 2.35. The minimum Gasteiger partial charge on any atom is -0.490 e. The molecule has 1 aliphatic rings. The highest BCUT2D eigenvalue weighted by molar-refractivity contribution is 7.99. The van der Waals surface area contributed by atoms with Gasteiger partial charge in [0.15, 0.2) is 5.82 Å². The number of likely N-dealkylation sites (tertiary alicyclic amines) is 1. The van der Waals surface area contributed by atoms with Crippen molar-refractivity contribution in [2.24, 2.45) is 0 Å². The Morgan fingerprint density at radius 2 is 2.06 bits per heavy atom. The number of hydrogen-bond acceptors (Lipinski definition) is 8. The molecule has 1 aromatic carbocycles. The summed E-state index contributed by atoms with van der Waals surface area (Å²) in [5.74, 6) is 0.608. The van der Waals surface area contributed by atoms with Gasteiger partial charge in [0.2, 0.25) is 12.3 Å². The first-order valence-corrected chi connectivity index (χ1v) is 10.9. The van der Waals surface area contributed by atoms with Gasteiger partial charge in [0.1, 0.15) is 11.9 Å². The summed E-state index contributed by atoms with van der Waals surface area (Å²) in [6.45, 7) is 0.873. The minimum absolute atomic E-state index is 0.238. The fraction of sp³-hybridized carbons (Fsp3) is 0.368. The molecule has 1 aliphatic heterocycles. The second kappa shape index (κ2) is 9.10. The third-order valence-electron chi connectivity index (χ3n) is 4.89. The maximum atomic E-state index is 13.4. The molecule has 0 unspecified atom stereocenters. The van der Waals surface area contributed by atoms with Crippen molar-refractivity contribution in [1.82, 2.24) is 24.9 Å². The van der Waals surface area contributed by atoms with E-state index in [1.807, 2.05) is 6.26 Å². The van der Waals surface area contributed by atoms with Gasteiger partial charge in [-0.15, -0.1) is 15.3 Å². The number of alkyl halides is 3. The zero-order chi connectivity index (χ0) is 22.7. The van der Waals surface area contributed by atoms with Crippen LogP contribution in [0.25, 0.3) is 11.5 Å². The van der Waals surface area contributed by atoms with E-state index in [0.717, 1.165) is 12.5 Å². The molecule has 3 heterocycles. The van der Waals surface area contributed by atoms with Gasteiger partial charge >= 0.3 is 12.2 Å². The number of nitrogens with one attached hydrogen (secondary N) is 1. The average Bonchev–Trinajstić information content (AvgIpc) is 3.46. The summed E-state index contributed by atoms with van der Waals surface area (Å²) >= 11 is 1.38. The number of nitrogens with zero attached hydrogens (tertiary/aromatic N) is 5. The molecular weight excluding hydrogens is 449 g/mol. The van der Waals surface area contributed by atoms with Crippen molar-refractivity contribution in [2.45, 2.75) is 25.1 Å². The highest BCUT2D eigenvalue weighted by Crippen LogP contribution is 2.38. The summed E-state index contributed by atoms with van der Waals surface area (Å²) in [5, 5.41) is 11.2. The molecule has 0 aliphatic carbocycles. The van der Waals surface area contributed by atoms with Crippen molar-refractivity contribution >= 4 is 23.8 Å². The van der Waals surface area contributed by atoms with Gasteiger partial charge in [-0.05, 0) is 18.2 Å². The average molecular weight is 468 g/mol. The second-order valence-corrected chi connectivity index (χ2v) is 7.60. The van der Waals surface area contributed by atoms with Crippen molar-refractivity contribution in [2.75, 3.05) is 24.1 Å². The van der Waals surface area contributed by atoms with Gasteiger partial charge in [0.25, 0.3) is 0 Å². The van der Waals surface area contributed by atoms with Crippen LogP contribution in [0.2, 0.25) is 0 Å². The van der Waals surface area contributed by atoms with Crippen molar-refractivity contribution in [1.29, 1.82) is 0 Å². The standard InChI is InChI=1S/C19H19F3N6O3S/c1-32-26-16-6-9-28(25-16)18(29)27-7-4-12(5-8-27)31-13-2-3-15(19(20,21)22)14(10-13)17-24-23-11-30-17/h2-3,6,9-12H,4-5,7-8H2,1H3,(H,25,26). The van der Waals surface area contributed by atoms with E-state index in [-0.39, 0.29) is 29.3 Å². The van der Waals surface area contributed by atoms with Crippen molar-refractivity contribution in [3.8, 4) is 17.2 Å². The molecular formula is C19H19F3N6O3S. The number of rotatable bonds is 5. The fourth-order valence-electron chi connectivity index (χ4n) is 3.40. The molecule has 0 saturated carbocycles. The summed E-state index contributed by atoms with van der Waals surface area (Å²) in [6.07, 6.45) is 0.636. The van der Waals surface area contributed by atoms with E-state index in [9.17, 15) is 18.0 Å². The number of carbonyl (C=O) groups excluding carboxylic acids is 1. The third-order valence-corrected chi connectivity index (χ3v) is 5.31. The van der Waals surface area contributed by atoms with E-state index in [1.54, 1.807) is 17.2 Å². The van der Waals surface area contributed by atoms with E-state index in [0.29, 0.717) is 31.7 Å². The van der Waals surface area contributed by atoms with Gasteiger partial charge in [-0.3, -0.25) is 0 Å². The van der Waals surface area contributed by atoms with E-state index in [2.05, 4.69) is 20.0 Å². The predicted octanol–water partition coefficient (Wildman–Crippen LogP) is 4.15. The van der Waals surface area contributed by atoms with Crippen LogP contribution in [0.4, 0.5) is 23.8 Å². The van der Waals surface area contributed by atoms with Crippen molar-refractivity contribution < 1.29 is 27.1 Å². The van der Waals surface area contributed by atoms with Gasteiger partial charge in [-0.25, -0.2) is 4.79 Å². The number of ether oxygens (including phenoxy) is 1. The molecule has 0 bridgehead atoms. The lowest BCUT2D eigenvalue weighted by molar-refractivity contribution is -0.137. The molecule has 1 fully saturated rings. The van der Waals surface area contributed by atoms with Gasteiger partial charge in [-0.1, -0.05) is 11.9 Å². The maximum absolute atomic E-state index is 13.4. The molecule has 1 saturated heterocycles. The molecule has 1 N–H and O–H groups in total. The molecule has 32 heavy (non-hydrogen) atoms. The van der Waals surface area contributed by atoms with Crippen LogP contribution in [0.3, 0.4) is 0 Å².